The summed E-state index contributed by atoms with van der Waals surface area (Å²) < 4.78 is 32.8. The van der Waals surface area contributed by atoms with Crippen LogP contribution in [0, 0.1) is 6.92 Å². The van der Waals surface area contributed by atoms with Crippen LogP contribution in [-0.4, -0.2) is 31.6 Å². The molecule has 0 saturated carbocycles. The maximum atomic E-state index is 12.7. The summed E-state index contributed by atoms with van der Waals surface area (Å²) in [5.74, 6) is 0.233. The quantitative estimate of drug-likeness (QED) is 0.349. The molecule has 174 valence electrons. The number of carbonyl (C=O) groups excluding carboxylic acids is 1. The van der Waals surface area contributed by atoms with Crippen LogP contribution in [0.15, 0.2) is 71.6 Å². The van der Waals surface area contributed by atoms with Gasteiger partial charge >= 0.3 is 0 Å². The van der Waals surface area contributed by atoms with Crippen LogP contribution in [0.25, 0.3) is 10.6 Å². The van der Waals surface area contributed by atoms with Crippen molar-refractivity contribution in [3.63, 3.8) is 0 Å². The third-order valence-corrected chi connectivity index (χ3v) is 7.38. The number of ether oxygens (including phenoxy) is 1. The fraction of sp³-hybridized carbons (Fsp3) is 0.0870. The predicted molar refractivity (Wildman–Crippen MR) is 133 cm³/mol. The highest BCUT2D eigenvalue weighted by atomic mass is 35.5. The fourth-order valence-corrected chi connectivity index (χ4v) is 5.04. The smallest absolute Gasteiger partial charge is 0.261 e. The molecular formula is C23H19ClN4O4S2. The topological polar surface area (TPSA) is 110 Å². The molecule has 4 rings (SSSR count). The first kappa shape index (κ1) is 23.7. The van der Waals surface area contributed by atoms with Crippen LogP contribution in [0.1, 0.15) is 15.9 Å². The Kier molecular flexibility index (Phi) is 6.82. The van der Waals surface area contributed by atoms with Crippen molar-refractivity contribution in [2.75, 3.05) is 17.1 Å². The van der Waals surface area contributed by atoms with Crippen molar-refractivity contribution >= 4 is 49.7 Å². The van der Waals surface area contributed by atoms with Gasteiger partial charge in [0.05, 0.1) is 28.3 Å². The van der Waals surface area contributed by atoms with Crippen molar-refractivity contribution in [1.29, 1.82) is 0 Å². The first-order chi connectivity index (χ1) is 16.2. The first-order valence-corrected chi connectivity index (χ1v) is 12.6. The van der Waals surface area contributed by atoms with Crippen molar-refractivity contribution in [3.8, 4) is 16.3 Å². The van der Waals surface area contributed by atoms with E-state index in [-0.39, 0.29) is 21.2 Å². The number of nitrogens with one attached hydrogen (secondary N) is 2. The molecule has 1 heterocycles. The number of benzene rings is 3. The van der Waals surface area contributed by atoms with Gasteiger partial charge in [0, 0.05) is 5.56 Å². The zero-order valence-corrected chi connectivity index (χ0v) is 20.5. The Bertz CT molecular complexity index is 1440. The zero-order valence-electron chi connectivity index (χ0n) is 18.1. The molecule has 8 nitrogen and oxygen atoms in total. The second kappa shape index (κ2) is 9.80. The molecular weight excluding hydrogens is 496 g/mol. The van der Waals surface area contributed by atoms with Crippen LogP contribution < -0.4 is 14.8 Å². The third-order valence-electron chi connectivity index (χ3n) is 4.78. The van der Waals surface area contributed by atoms with E-state index in [4.69, 9.17) is 16.3 Å². The zero-order chi connectivity index (χ0) is 24.3. The van der Waals surface area contributed by atoms with E-state index in [0.717, 1.165) is 16.9 Å². The van der Waals surface area contributed by atoms with Crippen LogP contribution in [0.2, 0.25) is 5.02 Å². The van der Waals surface area contributed by atoms with Gasteiger partial charge in [-0.1, -0.05) is 40.6 Å². The number of methoxy groups -OCH3 is 1. The number of hydrogen-bond donors (Lipinski definition) is 2. The Morgan fingerprint density at radius 3 is 2.35 bits per heavy atom. The number of carbonyl (C=O) groups is 1. The SMILES string of the molecule is COc1ccc(-c2nnc(NC(=O)c3ccc(NS(=O)(=O)c4ccc(C)cc4)cc3Cl)s2)cc1. The van der Waals surface area contributed by atoms with Crippen molar-refractivity contribution in [3.05, 3.63) is 82.9 Å². The summed E-state index contributed by atoms with van der Waals surface area (Å²) in [7, 11) is -2.20. The van der Waals surface area contributed by atoms with Crippen LogP contribution >= 0.6 is 22.9 Å². The van der Waals surface area contributed by atoms with Crippen LogP contribution in [0.4, 0.5) is 10.8 Å². The molecule has 2 N–H and O–H groups in total. The van der Waals surface area contributed by atoms with Crippen molar-refractivity contribution in [1.82, 2.24) is 10.2 Å². The Hall–Kier alpha value is -3.47. The molecule has 1 amide bonds. The fourth-order valence-electron chi connectivity index (χ4n) is 2.98. The Labute approximate surface area is 205 Å². The standard InChI is InChI=1S/C23H19ClN4O4S2/c1-14-3-10-18(11-4-14)34(30,31)28-16-7-12-19(20(24)13-16)21(29)25-23-27-26-22(33-23)15-5-8-17(32-2)9-6-15/h3-13,28H,1-2H3,(H,25,27,29). The largest absolute Gasteiger partial charge is 0.497 e. The molecule has 0 radical (unpaired) electrons. The van der Waals surface area contributed by atoms with Gasteiger partial charge in [-0.3, -0.25) is 14.8 Å². The van der Waals surface area contributed by atoms with E-state index in [9.17, 15) is 13.2 Å². The maximum Gasteiger partial charge on any atom is 0.261 e. The van der Waals surface area contributed by atoms with Gasteiger partial charge in [0.15, 0.2) is 0 Å². The van der Waals surface area contributed by atoms with Crippen LogP contribution in [0.3, 0.4) is 0 Å². The molecule has 4 aromatic rings. The lowest BCUT2D eigenvalue weighted by molar-refractivity contribution is 0.102. The van der Waals surface area contributed by atoms with Crippen molar-refractivity contribution in [2.45, 2.75) is 11.8 Å². The summed E-state index contributed by atoms with van der Waals surface area (Å²) in [5.41, 5.74) is 2.19. The molecule has 0 spiro atoms. The Morgan fingerprint density at radius 2 is 1.71 bits per heavy atom. The molecule has 0 bridgehead atoms. The molecule has 3 aromatic carbocycles. The minimum Gasteiger partial charge on any atom is -0.497 e. The molecule has 0 fully saturated rings. The summed E-state index contributed by atoms with van der Waals surface area (Å²) >= 11 is 7.48. The molecule has 0 aliphatic carbocycles. The summed E-state index contributed by atoms with van der Waals surface area (Å²) in [6.07, 6.45) is 0. The Morgan fingerprint density at radius 1 is 1.00 bits per heavy atom. The number of halogens is 1. The average molecular weight is 515 g/mol. The molecule has 11 heteroatoms. The third kappa shape index (κ3) is 5.36. The minimum atomic E-state index is -3.79. The van der Waals surface area contributed by atoms with Crippen molar-refractivity contribution < 1.29 is 17.9 Å². The number of aryl methyl sites for hydroxylation is 1. The first-order valence-electron chi connectivity index (χ1n) is 9.93. The lowest BCUT2D eigenvalue weighted by atomic mass is 10.2. The van der Waals surface area contributed by atoms with Gasteiger partial charge < -0.3 is 4.74 Å². The highest BCUT2D eigenvalue weighted by Crippen LogP contribution is 2.29. The second-order valence-corrected chi connectivity index (χ2v) is 10.3. The van der Waals surface area contributed by atoms with Crippen LogP contribution in [0.5, 0.6) is 5.75 Å². The van der Waals surface area contributed by atoms with E-state index in [1.54, 1.807) is 19.2 Å². The molecule has 0 aliphatic rings. The second-order valence-electron chi connectivity index (χ2n) is 7.21. The lowest BCUT2D eigenvalue weighted by Gasteiger charge is -2.10. The predicted octanol–water partition coefficient (Wildman–Crippen LogP) is 5.23. The number of sulfonamides is 1. The highest BCUT2D eigenvalue weighted by Gasteiger charge is 2.18. The summed E-state index contributed by atoms with van der Waals surface area (Å²) in [5, 5.41) is 11.8. The normalized spacial score (nSPS) is 11.1. The van der Waals surface area contributed by atoms with E-state index in [2.05, 4.69) is 20.2 Å². The van der Waals surface area contributed by atoms with Gasteiger partial charge in [-0.15, -0.1) is 10.2 Å². The molecule has 1 aromatic heterocycles. The molecule has 0 unspecified atom stereocenters. The van der Waals surface area contributed by atoms with E-state index < -0.39 is 15.9 Å². The number of anilines is 2. The summed E-state index contributed by atoms with van der Waals surface area (Å²) in [6, 6.07) is 18.1. The number of nitrogens with zero attached hydrogens (tertiary/aromatic N) is 2. The van der Waals surface area contributed by atoms with Crippen molar-refractivity contribution in [2.24, 2.45) is 0 Å². The number of rotatable bonds is 7. The molecule has 0 aliphatic heterocycles. The van der Waals surface area contributed by atoms with Gasteiger partial charge in [-0.25, -0.2) is 8.42 Å². The summed E-state index contributed by atoms with van der Waals surface area (Å²) in [6.45, 7) is 1.87. The maximum absolute atomic E-state index is 12.7. The van der Waals surface area contributed by atoms with Gasteiger partial charge in [0.1, 0.15) is 10.8 Å². The van der Waals surface area contributed by atoms with E-state index >= 15 is 0 Å². The molecule has 0 atom stereocenters. The van der Waals surface area contributed by atoms with E-state index in [1.165, 1.54) is 41.7 Å². The van der Waals surface area contributed by atoms with Gasteiger partial charge in [-0.05, 0) is 61.5 Å². The monoisotopic (exact) mass is 514 g/mol. The lowest BCUT2D eigenvalue weighted by Crippen LogP contribution is -2.14. The van der Waals surface area contributed by atoms with Gasteiger partial charge in [0.2, 0.25) is 5.13 Å². The summed E-state index contributed by atoms with van der Waals surface area (Å²) in [4.78, 5) is 12.8. The molecule has 34 heavy (non-hydrogen) atoms. The van der Waals surface area contributed by atoms with E-state index in [0.29, 0.717) is 10.1 Å². The average Bonchev–Trinajstić information content (AvgIpc) is 3.27. The highest BCUT2D eigenvalue weighted by molar-refractivity contribution is 7.92. The molecule has 0 saturated heterocycles. The number of amides is 1. The van der Waals surface area contributed by atoms with Gasteiger partial charge in [-0.2, -0.15) is 0 Å². The number of aromatic nitrogens is 2. The number of hydrogen-bond acceptors (Lipinski definition) is 7. The Balaban J connectivity index is 1.46. The van der Waals surface area contributed by atoms with Crippen LogP contribution in [-0.2, 0) is 10.0 Å². The van der Waals surface area contributed by atoms with Gasteiger partial charge in [0.25, 0.3) is 15.9 Å². The van der Waals surface area contributed by atoms with E-state index in [1.807, 2.05) is 31.2 Å². The minimum absolute atomic E-state index is 0.0847.